The van der Waals surface area contributed by atoms with E-state index in [1.54, 1.807) is 0 Å². The fraction of sp³-hybridized carbons (Fsp3) is 0.350. The van der Waals surface area contributed by atoms with E-state index in [1.807, 2.05) is 47.4 Å². The van der Waals surface area contributed by atoms with E-state index in [0.29, 0.717) is 6.61 Å². The number of hydrogen-bond donors (Lipinski definition) is 1. The summed E-state index contributed by atoms with van der Waals surface area (Å²) in [4.78, 5) is 14.5. The van der Waals surface area contributed by atoms with Gasteiger partial charge in [0.2, 0.25) is 0 Å². The molecule has 0 atom stereocenters. The van der Waals surface area contributed by atoms with E-state index in [-0.39, 0.29) is 11.5 Å². The Labute approximate surface area is 142 Å². The van der Waals surface area contributed by atoms with Gasteiger partial charge in [0.25, 0.3) is 0 Å². The molecule has 1 N–H and O–H groups in total. The van der Waals surface area contributed by atoms with E-state index in [0.717, 1.165) is 43.7 Å². The molecule has 2 aliphatic heterocycles. The molecule has 2 aromatic rings. The molecule has 24 heavy (non-hydrogen) atoms. The second-order valence-electron chi connectivity index (χ2n) is 6.67. The zero-order valence-corrected chi connectivity index (χ0v) is 13.7. The summed E-state index contributed by atoms with van der Waals surface area (Å²) in [7, 11) is 0. The molecule has 1 amide bonds. The number of amides is 1. The van der Waals surface area contributed by atoms with Gasteiger partial charge in [0, 0.05) is 12.0 Å². The maximum Gasteiger partial charge on any atom is 0.414 e. The van der Waals surface area contributed by atoms with Gasteiger partial charge >= 0.3 is 6.09 Å². The van der Waals surface area contributed by atoms with Crippen molar-refractivity contribution in [1.82, 2.24) is 5.32 Å². The predicted molar refractivity (Wildman–Crippen MR) is 94.2 cm³/mol. The molecule has 0 aromatic heterocycles. The molecule has 4 heteroatoms. The minimum absolute atomic E-state index is 0.0770. The van der Waals surface area contributed by atoms with Crippen molar-refractivity contribution in [3.63, 3.8) is 0 Å². The molecule has 0 aliphatic carbocycles. The first-order chi connectivity index (χ1) is 11.8. The molecule has 124 valence electrons. The molecule has 4 rings (SSSR count). The van der Waals surface area contributed by atoms with Gasteiger partial charge in [0.1, 0.15) is 6.61 Å². The lowest BCUT2D eigenvalue weighted by atomic mass is 9.75. The Morgan fingerprint density at radius 2 is 1.75 bits per heavy atom. The largest absolute Gasteiger partial charge is 0.444 e. The third-order valence-electron chi connectivity index (χ3n) is 5.21. The molecule has 1 spiro atoms. The summed E-state index contributed by atoms with van der Waals surface area (Å²) in [5.74, 6) is 0. The monoisotopic (exact) mass is 322 g/mol. The number of fused-ring (bicyclic) bond motifs is 2. The Kier molecular flexibility index (Phi) is 3.98. The highest BCUT2D eigenvalue weighted by Crippen LogP contribution is 2.46. The van der Waals surface area contributed by atoms with E-state index in [4.69, 9.17) is 4.74 Å². The lowest BCUT2D eigenvalue weighted by Gasteiger charge is -2.34. The van der Waals surface area contributed by atoms with Gasteiger partial charge in [-0.15, -0.1) is 0 Å². The third kappa shape index (κ3) is 2.67. The molecule has 0 saturated carbocycles. The fourth-order valence-corrected chi connectivity index (χ4v) is 3.92. The average molecular weight is 322 g/mol. The molecule has 2 aliphatic rings. The average Bonchev–Trinajstić information content (AvgIpc) is 2.96. The van der Waals surface area contributed by atoms with E-state index < -0.39 is 0 Å². The number of carbonyl (C=O) groups is 1. The van der Waals surface area contributed by atoms with E-state index >= 15 is 0 Å². The Balaban J connectivity index is 1.54. The molecule has 1 saturated heterocycles. The quantitative estimate of drug-likeness (QED) is 0.920. The molecular weight excluding hydrogens is 300 g/mol. The molecule has 0 unspecified atom stereocenters. The fourth-order valence-electron chi connectivity index (χ4n) is 3.92. The van der Waals surface area contributed by atoms with Crippen molar-refractivity contribution in [1.29, 1.82) is 0 Å². The van der Waals surface area contributed by atoms with Crippen molar-refractivity contribution in [3.8, 4) is 0 Å². The van der Waals surface area contributed by atoms with Crippen LogP contribution < -0.4 is 10.2 Å². The number of nitrogens with zero attached hydrogens (tertiary/aromatic N) is 1. The van der Waals surface area contributed by atoms with Crippen molar-refractivity contribution in [2.75, 3.05) is 24.5 Å². The second-order valence-corrected chi connectivity index (χ2v) is 6.67. The van der Waals surface area contributed by atoms with Crippen LogP contribution in [0.4, 0.5) is 10.5 Å². The Bertz CT molecular complexity index is 723. The van der Waals surface area contributed by atoms with Crippen molar-refractivity contribution in [2.24, 2.45) is 0 Å². The van der Waals surface area contributed by atoms with Gasteiger partial charge in [-0.25, -0.2) is 4.79 Å². The van der Waals surface area contributed by atoms with Gasteiger partial charge in [0.05, 0.1) is 5.69 Å². The van der Waals surface area contributed by atoms with Crippen molar-refractivity contribution >= 4 is 11.8 Å². The third-order valence-corrected chi connectivity index (χ3v) is 5.21. The molecule has 2 heterocycles. The minimum Gasteiger partial charge on any atom is -0.444 e. The van der Waals surface area contributed by atoms with Crippen molar-refractivity contribution in [3.05, 3.63) is 65.7 Å². The molecule has 1 fully saturated rings. The molecule has 0 bridgehead atoms. The topological polar surface area (TPSA) is 41.6 Å². The van der Waals surface area contributed by atoms with Gasteiger partial charge in [0.15, 0.2) is 0 Å². The Morgan fingerprint density at radius 1 is 1.04 bits per heavy atom. The number of nitrogens with one attached hydrogen (secondary N) is 1. The van der Waals surface area contributed by atoms with Gasteiger partial charge in [-0.3, -0.25) is 4.90 Å². The van der Waals surface area contributed by atoms with Gasteiger partial charge in [-0.2, -0.15) is 0 Å². The molecule has 0 radical (unpaired) electrons. The SMILES string of the molecule is O=C(OCc1ccccc1)N1CC2(CCNCC2)c2ccccc21. The summed E-state index contributed by atoms with van der Waals surface area (Å²) in [5.41, 5.74) is 3.39. The van der Waals surface area contributed by atoms with Crippen molar-refractivity contribution in [2.45, 2.75) is 24.9 Å². The predicted octanol–water partition coefficient (Wildman–Crippen LogP) is 3.46. The number of rotatable bonds is 2. The van der Waals surface area contributed by atoms with E-state index in [9.17, 15) is 4.79 Å². The van der Waals surface area contributed by atoms with Crippen LogP contribution in [-0.2, 0) is 16.8 Å². The van der Waals surface area contributed by atoms with Crippen LogP contribution in [0.25, 0.3) is 0 Å². The highest BCUT2D eigenvalue weighted by molar-refractivity contribution is 5.91. The van der Waals surface area contributed by atoms with Crippen LogP contribution in [-0.4, -0.2) is 25.7 Å². The highest BCUT2D eigenvalue weighted by Gasteiger charge is 2.45. The highest BCUT2D eigenvalue weighted by atomic mass is 16.6. The first-order valence-electron chi connectivity index (χ1n) is 8.57. The summed E-state index contributed by atoms with van der Waals surface area (Å²) in [6.45, 7) is 3.04. The summed E-state index contributed by atoms with van der Waals surface area (Å²) in [6.07, 6.45) is 1.88. The smallest absolute Gasteiger partial charge is 0.414 e. The zero-order chi connectivity index (χ0) is 16.4. The number of piperidine rings is 1. The Morgan fingerprint density at radius 3 is 2.54 bits per heavy atom. The lowest BCUT2D eigenvalue weighted by molar-refractivity contribution is 0.145. The van der Waals surface area contributed by atoms with Crippen LogP contribution >= 0.6 is 0 Å². The normalized spacial score (nSPS) is 18.4. The first kappa shape index (κ1) is 15.2. The summed E-state index contributed by atoms with van der Waals surface area (Å²) in [5, 5.41) is 3.42. The number of anilines is 1. The molecular formula is C20H22N2O2. The summed E-state index contributed by atoms with van der Waals surface area (Å²) < 4.78 is 5.57. The second kappa shape index (κ2) is 6.29. The number of ether oxygens (including phenoxy) is 1. The first-order valence-corrected chi connectivity index (χ1v) is 8.57. The van der Waals surface area contributed by atoms with Gasteiger partial charge < -0.3 is 10.1 Å². The van der Waals surface area contributed by atoms with Crippen LogP contribution in [0.15, 0.2) is 54.6 Å². The van der Waals surface area contributed by atoms with Crippen LogP contribution in [0.3, 0.4) is 0 Å². The maximum atomic E-state index is 12.7. The number of benzene rings is 2. The Hall–Kier alpha value is -2.33. The zero-order valence-electron chi connectivity index (χ0n) is 13.7. The number of para-hydroxylation sites is 1. The van der Waals surface area contributed by atoms with Crippen molar-refractivity contribution < 1.29 is 9.53 Å². The number of carbonyl (C=O) groups excluding carboxylic acids is 1. The van der Waals surface area contributed by atoms with Crippen LogP contribution in [0, 0.1) is 0 Å². The van der Waals surface area contributed by atoms with Gasteiger partial charge in [-0.05, 0) is 43.1 Å². The number of hydrogen-bond acceptors (Lipinski definition) is 3. The van der Waals surface area contributed by atoms with Gasteiger partial charge in [-0.1, -0.05) is 48.5 Å². The standard InChI is InChI=1S/C20H22N2O2/c23-19(24-14-16-6-2-1-3-7-16)22-15-20(10-12-21-13-11-20)17-8-4-5-9-18(17)22/h1-9,21H,10-15H2. The maximum absolute atomic E-state index is 12.7. The van der Waals surface area contributed by atoms with Crippen LogP contribution in [0.5, 0.6) is 0 Å². The summed E-state index contributed by atoms with van der Waals surface area (Å²) in [6, 6.07) is 18.1. The molecule has 2 aromatic carbocycles. The summed E-state index contributed by atoms with van der Waals surface area (Å²) >= 11 is 0. The molecule has 4 nitrogen and oxygen atoms in total. The van der Waals surface area contributed by atoms with Crippen LogP contribution in [0.1, 0.15) is 24.0 Å². The minimum atomic E-state index is -0.248. The lowest BCUT2D eigenvalue weighted by Crippen LogP contribution is -2.44. The van der Waals surface area contributed by atoms with Crippen LogP contribution in [0.2, 0.25) is 0 Å². The van der Waals surface area contributed by atoms with E-state index in [1.165, 1.54) is 5.56 Å². The van der Waals surface area contributed by atoms with E-state index in [2.05, 4.69) is 17.4 Å².